The summed E-state index contributed by atoms with van der Waals surface area (Å²) >= 11 is 0. The van der Waals surface area contributed by atoms with Crippen molar-refractivity contribution in [2.24, 2.45) is 0 Å². The molecule has 1 aliphatic rings. The van der Waals surface area contributed by atoms with Crippen molar-refractivity contribution in [3.8, 4) is 22.5 Å². The maximum absolute atomic E-state index is 10.5. The molecule has 0 saturated heterocycles. The number of aromatic amines is 1. The minimum atomic E-state index is -0.430. The van der Waals surface area contributed by atoms with E-state index in [0.29, 0.717) is 5.82 Å². The highest BCUT2D eigenvalue weighted by molar-refractivity contribution is 5.80. The lowest BCUT2D eigenvalue weighted by molar-refractivity contribution is 0.131. The Balaban J connectivity index is 1.49. The number of tetrazole rings is 1. The molecule has 0 bridgehead atoms. The van der Waals surface area contributed by atoms with Gasteiger partial charge in [-0.25, -0.2) is 10.1 Å². The van der Waals surface area contributed by atoms with Crippen molar-refractivity contribution in [2.75, 3.05) is 0 Å². The number of nitrogens with zero attached hydrogens (tertiary/aromatic N) is 5. The summed E-state index contributed by atoms with van der Waals surface area (Å²) in [6.07, 6.45) is 6.26. The molecule has 2 aromatic heterocycles. The van der Waals surface area contributed by atoms with E-state index in [1.807, 2.05) is 24.4 Å². The van der Waals surface area contributed by atoms with E-state index < -0.39 is 6.10 Å². The highest BCUT2D eigenvalue weighted by Gasteiger charge is 2.29. The summed E-state index contributed by atoms with van der Waals surface area (Å²) in [6, 6.07) is 17.0. The molecule has 3 heterocycles. The summed E-state index contributed by atoms with van der Waals surface area (Å²) in [4.78, 5) is 4.65. The number of aromatic nitrogens is 6. The molecule has 1 aliphatic heterocycles. The number of hydrogen-bond acceptors (Lipinski definition) is 5. The summed E-state index contributed by atoms with van der Waals surface area (Å²) < 4.78 is 2.27. The van der Waals surface area contributed by atoms with Crippen LogP contribution in [0, 0.1) is 0 Å². The number of aliphatic hydroxyl groups excluding tert-OH is 1. The number of aliphatic hydroxyl groups is 1. The van der Waals surface area contributed by atoms with Crippen LogP contribution in [0.4, 0.5) is 0 Å². The van der Waals surface area contributed by atoms with Gasteiger partial charge in [-0.3, -0.25) is 0 Å². The molecular weight excluding hydrogens is 388 g/mol. The molecule has 4 aromatic rings. The molecule has 0 saturated carbocycles. The highest BCUT2D eigenvalue weighted by atomic mass is 16.3. The monoisotopic (exact) mass is 414 g/mol. The lowest BCUT2D eigenvalue weighted by Gasteiger charge is -2.31. The zero-order valence-electron chi connectivity index (χ0n) is 17.6. The molecule has 31 heavy (non-hydrogen) atoms. The Labute approximate surface area is 181 Å². The van der Waals surface area contributed by atoms with E-state index in [4.69, 9.17) is 0 Å². The SMILES string of the molecule is CCCCc1ncc2n1[C@H](c1ccc(-c3ccccc3-c3nnn[nH]3)cc1)CC[C@H]2O. The summed E-state index contributed by atoms with van der Waals surface area (Å²) in [5.74, 6) is 1.73. The van der Waals surface area contributed by atoms with Crippen LogP contribution in [0.15, 0.2) is 54.7 Å². The number of hydrogen-bond donors (Lipinski definition) is 2. The van der Waals surface area contributed by atoms with Crippen LogP contribution in [-0.2, 0) is 6.42 Å². The first kappa shape index (κ1) is 19.6. The zero-order chi connectivity index (χ0) is 21.2. The molecule has 0 spiro atoms. The predicted molar refractivity (Wildman–Crippen MR) is 118 cm³/mol. The molecule has 0 fully saturated rings. The zero-order valence-corrected chi connectivity index (χ0v) is 17.6. The van der Waals surface area contributed by atoms with Crippen LogP contribution >= 0.6 is 0 Å². The lowest BCUT2D eigenvalue weighted by atomic mass is 9.92. The van der Waals surface area contributed by atoms with Crippen molar-refractivity contribution in [3.05, 3.63) is 71.8 Å². The second kappa shape index (κ2) is 8.43. The highest BCUT2D eigenvalue weighted by Crippen LogP contribution is 2.38. The van der Waals surface area contributed by atoms with Gasteiger partial charge in [0.15, 0.2) is 5.82 Å². The van der Waals surface area contributed by atoms with E-state index in [0.717, 1.165) is 60.3 Å². The van der Waals surface area contributed by atoms with E-state index in [1.54, 1.807) is 0 Å². The Kier molecular flexibility index (Phi) is 5.34. The molecule has 0 aliphatic carbocycles. The number of unbranched alkanes of at least 4 members (excludes halogenated alkanes) is 1. The summed E-state index contributed by atoms with van der Waals surface area (Å²) in [7, 11) is 0. The van der Waals surface area contributed by atoms with Gasteiger partial charge in [0, 0.05) is 12.0 Å². The Morgan fingerprint density at radius 1 is 1.06 bits per heavy atom. The summed E-state index contributed by atoms with van der Waals surface area (Å²) in [5.41, 5.74) is 5.35. The average Bonchev–Trinajstić information content (AvgIpc) is 3.49. The molecule has 0 unspecified atom stereocenters. The summed E-state index contributed by atoms with van der Waals surface area (Å²) in [5, 5.41) is 24.8. The van der Waals surface area contributed by atoms with Gasteiger partial charge in [-0.1, -0.05) is 61.9 Å². The standard InChI is InChI=1S/C24H26N6O/c1-2-3-8-23-25-15-21-22(31)14-13-20(30(21)23)17-11-9-16(10-12-17)18-6-4-5-7-19(18)24-26-28-29-27-24/h4-7,9-12,15,20,22,31H,2-3,8,13-14H2,1H3,(H,26,27,28,29)/t20-,22+/m0/s1. The maximum atomic E-state index is 10.5. The van der Waals surface area contributed by atoms with Gasteiger partial charge < -0.3 is 9.67 Å². The third-order valence-electron chi connectivity index (χ3n) is 6.16. The van der Waals surface area contributed by atoms with Crippen LogP contribution in [0.2, 0.25) is 0 Å². The first-order chi connectivity index (χ1) is 15.3. The second-order valence-corrected chi connectivity index (χ2v) is 8.10. The molecule has 0 radical (unpaired) electrons. The number of nitrogens with one attached hydrogen (secondary N) is 1. The molecule has 7 heteroatoms. The molecule has 158 valence electrons. The van der Waals surface area contributed by atoms with Crippen LogP contribution in [0.25, 0.3) is 22.5 Å². The van der Waals surface area contributed by atoms with Crippen LogP contribution in [0.3, 0.4) is 0 Å². The number of fused-ring (bicyclic) bond motifs is 1. The van der Waals surface area contributed by atoms with Crippen LogP contribution in [0.5, 0.6) is 0 Å². The fourth-order valence-electron chi connectivity index (χ4n) is 4.55. The number of H-pyrrole nitrogens is 1. The normalized spacial score (nSPS) is 18.1. The Morgan fingerprint density at radius 2 is 1.87 bits per heavy atom. The van der Waals surface area contributed by atoms with Crippen LogP contribution in [-0.4, -0.2) is 35.3 Å². The summed E-state index contributed by atoms with van der Waals surface area (Å²) in [6.45, 7) is 2.19. The largest absolute Gasteiger partial charge is 0.387 e. The fourth-order valence-corrected chi connectivity index (χ4v) is 4.55. The van der Waals surface area contributed by atoms with Crippen LogP contribution < -0.4 is 0 Å². The third-order valence-corrected chi connectivity index (χ3v) is 6.16. The molecule has 0 amide bonds. The van der Waals surface area contributed by atoms with E-state index in [2.05, 4.69) is 67.4 Å². The molecular formula is C24H26N6O. The first-order valence-electron chi connectivity index (χ1n) is 10.9. The van der Waals surface area contributed by atoms with Gasteiger partial charge in [-0.05, 0) is 46.4 Å². The third kappa shape index (κ3) is 3.65. The van der Waals surface area contributed by atoms with E-state index in [9.17, 15) is 5.11 Å². The van der Waals surface area contributed by atoms with Gasteiger partial charge in [0.05, 0.1) is 24.0 Å². The van der Waals surface area contributed by atoms with Crippen LogP contribution in [0.1, 0.15) is 61.8 Å². The Hall–Kier alpha value is -3.32. The molecule has 5 rings (SSSR count). The molecule has 2 aromatic carbocycles. The topological polar surface area (TPSA) is 92.5 Å². The second-order valence-electron chi connectivity index (χ2n) is 8.10. The average molecular weight is 415 g/mol. The number of aryl methyl sites for hydroxylation is 1. The number of rotatable bonds is 6. The van der Waals surface area contributed by atoms with E-state index >= 15 is 0 Å². The fraction of sp³-hybridized carbons (Fsp3) is 0.333. The Bertz CT molecular complexity index is 1150. The van der Waals surface area contributed by atoms with E-state index in [1.165, 1.54) is 5.56 Å². The van der Waals surface area contributed by atoms with Crippen molar-refractivity contribution in [2.45, 2.75) is 51.2 Å². The molecule has 2 atom stereocenters. The van der Waals surface area contributed by atoms with Gasteiger partial charge >= 0.3 is 0 Å². The first-order valence-corrected chi connectivity index (χ1v) is 10.9. The van der Waals surface area contributed by atoms with Crippen molar-refractivity contribution in [1.29, 1.82) is 0 Å². The predicted octanol–water partition coefficient (Wildman–Crippen LogP) is 4.49. The number of benzene rings is 2. The lowest BCUT2D eigenvalue weighted by Crippen LogP contribution is -2.23. The van der Waals surface area contributed by atoms with Gasteiger partial charge in [0.1, 0.15) is 5.82 Å². The smallest absolute Gasteiger partial charge is 0.180 e. The van der Waals surface area contributed by atoms with Gasteiger partial charge in [-0.2, -0.15) is 0 Å². The molecule has 7 nitrogen and oxygen atoms in total. The van der Waals surface area contributed by atoms with Gasteiger partial charge in [-0.15, -0.1) is 5.10 Å². The number of imidazole rings is 1. The van der Waals surface area contributed by atoms with Gasteiger partial charge in [0.25, 0.3) is 0 Å². The quantitative estimate of drug-likeness (QED) is 0.485. The van der Waals surface area contributed by atoms with Crippen molar-refractivity contribution >= 4 is 0 Å². The minimum Gasteiger partial charge on any atom is -0.387 e. The molecule has 2 N–H and O–H groups in total. The maximum Gasteiger partial charge on any atom is 0.180 e. The van der Waals surface area contributed by atoms with Crippen molar-refractivity contribution in [1.82, 2.24) is 30.2 Å². The van der Waals surface area contributed by atoms with Crippen molar-refractivity contribution < 1.29 is 5.11 Å². The van der Waals surface area contributed by atoms with Gasteiger partial charge in [0.2, 0.25) is 0 Å². The van der Waals surface area contributed by atoms with Crippen molar-refractivity contribution in [3.63, 3.8) is 0 Å². The minimum absolute atomic E-state index is 0.204. The van der Waals surface area contributed by atoms with E-state index in [-0.39, 0.29) is 6.04 Å². The Morgan fingerprint density at radius 3 is 2.61 bits per heavy atom.